The third kappa shape index (κ3) is 6.00. The van der Waals surface area contributed by atoms with Gasteiger partial charge in [0.25, 0.3) is 0 Å². The van der Waals surface area contributed by atoms with Crippen molar-refractivity contribution in [3.8, 4) is 5.75 Å². The highest BCUT2D eigenvalue weighted by molar-refractivity contribution is 6.35. The van der Waals surface area contributed by atoms with Crippen molar-refractivity contribution >= 4 is 23.2 Å². The highest BCUT2D eigenvalue weighted by atomic mass is 35.5. The molecular weight excluding hydrogens is 285 g/mol. The van der Waals surface area contributed by atoms with Crippen molar-refractivity contribution in [1.29, 1.82) is 0 Å². The van der Waals surface area contributed by atoms with Gasteiger partial charge in [0.2, 0.25) is 0 Å². The molecule has 0 fully saturated rings. The molecular formula is C14H21Cl2NO2. The van der Waals surface area contributed by atoms with E-state index in [1.165, 1.54) is 0 Å². The number of nitrogens with one attached hydrogen (secondary N) is 1. The van der Waals surface area contributed by atoms with Crippen molar-refractivity contribution in [1.82, 2.24) is 5.32 Å². The Balaban J connectivity index is 2.74. The molecule has 0 aliphatic carbocycles. The van der Waals surface area contributed by atoms with Crippen molar-refractivity contribution < 1.29 is 9.47 Å². The second kappa shape index (κ2) is 8.64. The lowest BCUT2D eigenvalue weighted by Crippen LogP contribution is -2.22. The van der Waals surface area contributed by atoms with Crippen LogP contribution in [-0.2, 0) is 11.3 Å². The van der Waals surface area contributed by atoms with Gasteiger partial charge in [-0.05, 0) is 12.1 Å². The third-order valence-corrected chi connectivity index (χ3v) is 3.02. The fourth-order valence-electron chi connectivity index (χ4n) is 1.60. The van der Waals surface area contributed by atoms with Crippen molar-refractivity contribution in [2.45, 2.75) is 32.9 Å². The second-order valence-corrected chi connectivity index (χ2v) is 5.45. The van der Waals surface area contributed by atoms with Crippen LogP contribution in [0.5, 0.6) is 5.75 Å². The van der Waals surface area contributed by atoms with Crippen LogP contribution in [0.25, 0.3) is 0 Å². The lowest BCUT2D eigenvalue weighted by Gasteiger charge is -2.15. The molecule has 1 aromatic rings. The summed E-state index contributed by atoms with van der Waals surface area (Å²) in [6, 6.07) is 3.97. The quantitative estimate of drug-likeness (QED) is 0.739. The molecule has 3 nitrogen and oxygen atoms in total. The van der Waals surface area contributed by atoms with Gasteiger partial charge in [0.05, 0.1) is 11.6 Å². The van der Waals surface area contributed by atoms with Gasteiger partial charge in [-0.2, -0.15) is 0 Å². The summed E-state index contributed by atoms with van der Waals surface area (Å²) in [5.74, 6) is 0.704. The van der Waals surface area contributed by atoms with Crippen LogP contribution >= 0.6 is 23.2 Å². The summed E-state index contributed by atoms with van der Waals surface area (Å²) in [7, 11) is 1.67. The van der Waals surface area contributed by atoms with Crippen LogP contribution in [0, 0.1) is 0 Å². The van der Waals surface area contributed by atoms with E-state index in [-0.39, 0.29) is 0 Å². The van der Waals surface area contributed by atoms with E-state index in [0.717, 1.165) is 12.0 Å². The smallest absolute Gasteiger partial charge is 0.142 e. The molecule has 1 N–H and O–H groups in total. The molecule has 0 saturated heterocycles. The maximum atomic E-state index is 6.19. The Bertz CT molecular complexity index is 397. The molecule has 1 aromatic carbocycles. The van der Waals surface area contributed by atoms with Crippen LogP contribution in [0.15, 0.2) is 12.1 Å². The largest absolute Gasteiger partial charge is 0.492 e. The number of halogens is 2. The zero-order valence-corrected chi connectivity index (χ0v) is 13.1. The molecule has 0 aliphatic rings. The predicted octanol–water partition coefficient (Wildman–Crippen LogP) is 3.91. The summed E-state index contributed by atoms with van der Waals surface area (Å²) in [4.78, 5) is 0. The first kappa shape index (κ1) is 16.6. The molecule has 0 unspecified atom stereocenters. The number of hydrogen-bond donors (Lipinski definition) is 1. The molecule has 0 amide bonds. The van der Waals surface area contributed by atoms with E-state index in [4.69, 9.17) is 32.7 Å². The molecule has 0 atom stereocenters. The average molecular weight is 306 g/mol. The van der Waals surface area contributed by atoms with Crippen molar-refractivity contribution in [3.05, 3.63) is 27.7 Å². The lowest BCUT2D eigenvalue weighted by atomic mass is 10.2. The zero-order chi connectivity index (χ0) is 14.3. The highest BCUT2D eigenvalue weighted by Gasteiger charge is 2.11. The summed E-state index contributed by atoms with van der Waals surface area (Å²) in [5, 5.41) is 4.50. The van der Waals surface area contributed by atoms with Crippen LogP contribution in [0.2, 0.25) is 10.0 Å². The predicted molar refractivity (Wildman–Crippen MR) is 80.4 cm³/mol. The minimum absolute atomic E-state index is 0.388. The van der Waals surface area contributed by atoms with Gasteiger partial charge in [-0.1, -0.05) is 37.0 Å². The number of methoxy groups -OCH3 is 1. The highest BCUT2D eigenvalue weighted by Crippen LogP contribution is 2.32. The monoisotopic (exact) mass is 305 g/mol. The summed E-state index contributed by atoms with van der Waals surface area (Å²) in [6.45, 7) is 6.10. The van der Waals surface area contributed by atoms with Gasteiger partial charge in [-0.3, -0.25) is 0 Å². The molecule has 0 heterocycles. The van der Waals surface area contributed by atoms with E-state index in [9.17, 15) is 0 Å². The van der Waals surface area contributed by atoms with Gasteiger partial charge >= 0.3 is 0 Å². The van der Waals surface area contributed by atoms with Crippen LogP contribution in [0.3, 0.4) is 0 Å². The summed E-state index contributed by atoms with van der Waals surface area (Å²) < 4.78 is 10.7. The van der Waals surface area contributed by atoms with Gasteiger partial charge in [-0.15, -0.1) is 0 Å². The first-order valence-corrected chi connectivity index (χ1v) is 7.13. The van der Waals surface area contributed by atoms with E-state index >= 15 is 0 Å². The van der Waals surface area contributed by atoms with Gasteiger partial charge in [0.1, 0.15) is 5.75 Å². The fraction of sp³-hybridized carbons (Fsp3) is 0.571. The second-order valence-electron chi connectivity index (χ2n) is 4.61. The van der Waals surface area contributed by atoms with Gasteiger partial charge in [0.15, 0.2) is 0 Å². The fourth-order valence-corrected chi connectivity index (χ4v) is 2.19. The SMILES string of the molecule is COCCCOc1c(Cl)cc(Cl)cc1CNC(C)C. The van der Waals surface area contributed by atoms with Gasteiger partial charge in [-0.25, -0.2) is 0 Å². The van der Waals surface area contributed by atoms with E-state index in [1.54, 1.807) is 13.2 Å². The van der Waals surface area contributed by atoms with Gasteiger partial charge in [0, 0.05) is 43.3 Å². The number of hydrogen-bond acceptors (Lipinski definition) is 3. The summed E-state index contributed by atoms with van der Waals surface area (Å²) >= 11 is 12.2. The Hall–Kier alpha value is -0.480. The first-order chi connectivity index (χ1) is 9.04. The van der Waals surface area contributed by atoms with Crippen molar-refractivity contribution in [3.63, 3.8) is 0 Å². The molecule has 0 aromatic heterocycles. The molecule has 0 spiro atoms. The molecule has 5 heteroatoms. The van der Waals surface area contributed by atoms with E-state index in [0.29, 0.717) is 41.6 Å². The zero-order valence-electron chi connectivity index (χ0n) is 11.6. The first-order valence-electron chi connectivity index (χ1n) is 6.37. The van der Waals surface area contributed by atoms with E-state index in [1.807, 2.05) is 6.07 Å². The Labute approximate surface area is 125 Å². The van der Waals surface area contributed by atoms with Crippen LogP contribution in [0.4, 0.5) is 0 Å². The summed E-state index contributed by atoms with van der Waals surface area (Å²) in [6.07, 6.45) is 0.826. The van der Waals surface area contributed by atoms with E-state index in [2.05, 4.69) is 19.2 Å². The standard InChI is InChI=1S/C14H21Cl2NO2/c1-10(2)17-9-11-7-12(15)8-13(16)14(11)19-6-4-5-18-3/h7-8,10,17H,4-6,9H2,1-3H3. The van der Waals surface area contributed by atoms with E-state index < -0.39 is 0 Å². The number of ether oxygens (including phenoxy) is 2. The molecule has 19 heavy (non-hydrogen) atoms. The third-order valence-electron chi connectivity index (χ3n) is 2.53. The maximum Gasteiger partial charge on any atom is 0.142 e. The van der Waals surface area contributed by atoms with Crippen LogP contribution < -0.4 is 10.1 Å². The average Bonchev–Trinajstić information content (AvgIpc) is 2.34. The minimum Gasteiger partial charge on any atom is -0.492 e. The molecule has 0 radical (unpaired) electrons. The molecule has 0 saturated carbocycles. The maximum absolute atomic E-state index is 6.19. The Morgan fingerprint density at radius 2 is 1.95 bits per heavy atom. The Morgan fingerprint density at radius 3 is 2.58 bits per heavy atom. The van der Waals surface area contributed by atoms with Crippen LogP contribution in [0.1, 0.15) is 25.8 Å². The minimum atomic E-state index is 0.388. The number of rotatable bonds is 8. The molecule has 1 rings (SSSR count). The lowest BCUT2D eigenvalue weighted by molar-refractivity contribution is 0.171. The Kier molecular flexibility index (Phi) is 7.54. The summed E-state index contributed by atoms with van der Waals surface area (Å²) in [5.41, 5.74) is 0.976. The molecule has 108 valence electrons. The van der Waals surface area contributed by atoms with Crippen molar-refractivity contribution in [2.24, 2.45) is 0 Å². The van der Waals surface area contributed by atoms with Crippen molar-refractivity contribution in [2.75, 3.05) is 20.3 Å². The Morgan fingerprint density at radius 1 is 1.21 bits per heavy atom. The molecule has 0 aliphatic heterocycles. The van der Waals surface area contributed by atoms with Gasteiger partial charge < -0.3 is 14.8 Å². The van der Waals surface area contributed by atoms with Crippen LogP contribution in [-0.4, -0.2) is 26.4 Å². The number of benzene rings is 1. The normalized spacial score (nSPS) is 11.1. The topological polar surface area (TPSA) is 30.5 Å². The molecule has 0 bridgehead atoms.